The molecule has 0 radical (unpaired) electrons. The summed E-state index contributed by atoms with van der Waals surface area (Å²) < 4.78 is 46.1. The fourth-order valence-corrected chi connectivity index (χ4v) is 4.33. The van der Waals surface area contributed by atoms with Crippen molar-refractivity contribution >= 4 is 27.6 Å². The molecule has 0 aliphatic heterocycles. The molecule has 1 N–H and O–H groups in total. The molecule has 32 heavy (non-hydrogen) atoms. The number of nitrogens with zero attached hydrogens (tertiary/aromatic N) is 1. The second-order valence-electron chi connectivity index (χ2n) is 7.84. The summed E-state index contributed by atoms with van der Waals surface area (Å²) in [4.78, 5) is 26.6. The highest BCUT2D eigenvalue weighted by atomic mass is 32.2. The fourth-order valence-electron chi connectivity index (χ4n) is 3.25. The van der Waals surface area contributed by atoms with Gasteiger partial charge in [0.05, 0.1) is 17.9 Å². The van der Waals surface area contributed by atoms with E-state index in [0.717, 1.165) is 25.0 Å². The number of rotatable bonds is 10. The van der Waals surface area contributed by atoms with Gasteiger partial charge in [-0.15, -0.1) is 0 Å². The first-order valence-electron chi connectivity index (χ1n) is 10.5. The van der Waals surface area contributed by atoms with Gasteiger partial charge in [-0.3, -0.25) is 14.3 Å². The second-order valence-corrected chi connectivity index (χ2v) is 9.52. The van der Waals surface area contributed by atoms with Crippen LogP contribution in [0, 0.1) is 18.7 Å². The summed E-state index contributed by atoms with van der Waals surface area (Å²) in [7, 11) is -3.99. The number of benzene rings is 2. The van der Waals surface area contributed by atoms with Crippen molar-refractivity contribution in [2.75, 3.05) is 24.4 Å². The van der Waals surface area contributed by atoms with Crippen LogP contribution in [0.4, 0.5) is 10.1 Å². The molecular formula is C23H27FN2O5S. The van der Waals surface area contributed by atoms with E-state index in [1.165, 1.54) is 24.3 Å². The maximum atomic E-state index is 13.3. The molecule has 0 saturated heterocycles. The Bertz CT molecular complexity index is 1080. The topological polar surface area (TPSA) is 92.8 Å². The number of anilines is 1. The average Bonchev–Trinajstić information content (AvgIpc) is 3.57. The van der Waals surface area contributed by atoms with Crippen molar-refractivity contribution in [2.24, 2.45) is 5.92 Å². The maximum Gasteiger partial charge on any atom is 0.307 e. The molecule has 1 aliphatic carbocycles. The van der Waals surface area contributed by atoms with Gasteiger partial charge in [-0.1, -0.05) is 6.07 Å². The lowest BCUT2D eigenvalue weighted by Gasteiger charge is -2.23. The summed E-state index contributed by atoms with van der Waals surface area (Å²) in [5.41, 5.74) is 1.11. The number of halogens is 1. The van der Waals surface area contributed by atoms with Gasteiger partial charge in [0.25, 0.3) is 15.9 Å². The minimum Gasteiger partial charge on any atom is -0.466 e. The maximum absolute atomic E-state index is 13.3. The van der Waals surface area contributed by atoms with E-state index >= 15 is 0 Å². The molecule has 0 atom stereocenters. The number of esters is 1. The first kappa shape index (κ1) is 23.7. The lowest BCUT2D eigenvalue weighted by molar-refractivity contribution is -0.143. The van der Waals surface area contributed by atoms with Crippen LogP contribution in [-0.4, -0.2) is 44.9 Å². The molecule has 0 heterocycles. The van der Waals surface area contributed by atoms with Crippen molar-refractivity contribution < 1.29 is 27.1 Å². The van der Waals surface area contributed by atoms with Crippen LogP contribution in [-0.2, 0) is 19.6 Å². The summed E-state index contributed by atoms with van der Waals surface area (Å²) in [5, 5.41) is 0. The highest BCUT2D eigenvalue weighted by Crippen LogP contribution is 2.30. The Labute approximate surface area is 187 Å². The zero-order valence-corrected chi connectivity index (χ0v) is 19.0. The van der Waals surface area contributed by atoms with Crippen LogP contribution < -0.4 is 4.72 Å². The molecule has 2 aromatic rings. The Balaban J connectivity index is 1.82. The molecule has 1 aliphatic rings. The van der Waals surface area contributed by atoms with E-state index < -0.39 is 15.8 Å². The quantitative estimate of drug-likeness (QED) is 0.543. The molecule has 172 valence electrons. The number of aryl methyl sites for hydroxylation is 1. The minimum atomic E-state index is -3.99. The van der Waals surface area contributed by atoms with Crippen molar-refractivity contribution in [3.05, 3.63) is 59.4 Å². The monoisotopic (exact) mass is 462 g/mol. The third kappa shape index (κ3) is 6.29. The summed E-state index contributed by atoms with van der Waals surface area (Å²) in [5.74, 6) is -0.779. The van der Waals surface area contributed by atoms with Gasteiger partial charge in [0, 0.05) is 24.3 Å². The van der Waals surface area contributed by atoms with E-state index in [9.17, 15) is 22.4 Å². The predicted octanol–water partition coefficient (Wildman–Crippen LogP) is 3.74. The van der Waals surface area contributed by atoms with Gasteiger partial charge in [-0.25, -0.2) is 12.8 Å². The molecule has 0 spiro atoms. The number of amides is 1. The van der Waals surface area contributed by atoms with Crippen LogP contribution in [0.1, 0.15) is 42.1 Å². The predicted molar refractivity (Wildman–Crippen MR) is 118 cm³/mol. The molecule has 1 saturated carbocycles. The van der Waals surface area contributed by atoms with Gasteiger partial charge < -0.3 is 9.64 Å². The molecule has 2 aromatic carbocycles. The first-order chi connectivity index (χ1) is 15.2. The van der Waals surface area contributed by atoms with Crippen LogP contribution in [0.15, 0.2) is 47.4 Å². The molecule has 9 heteroatoms. The Hall–Kier alpha value is -2.94. The molecule has 7 nitrogen and oxygen atoms in total. The van der Waals surface area contributed by atoms with Crippen LogP contribution in [0.25, 0.3) is 0 Å². The summed E-state index contributed by atoms with van der Waals surface area (Å²) in [6.45, 7) is 4.45. The third-order valence-corrected chi connectivity index (χ3v) is 6.58. The van der Waals surface area contributed by atoms with Gasteiger partial charge in [0.2, 0.25) is 0 Å². The zero-order chi connectivity index (χ0) is 23.3. The lowest BCUT2D eigenvalue weighted by Crippen LogP contribution is -2.35. The van der Waals surface area contributed by atoms with E-state index in [0.29, 0.717) is 18.0 Å². The van der Waals surface area contributed by atoms with Crippen LogP contribution in [0.2, 0.25) is 0 Å². The fraction of sp³-hybridized carbons (Fsp3) is 0.391. The second kappa shape index (κ2) is 10.1. The van der Waals surface area contributed by atoms with E-state index in [2.05, 4.69) is 4.72 Å². The van der Waals surface area contributed by atoms with Crippen molar-refractivity contribution in [2.45, 2.75) is 38.0 Å². The van der Waals surface area contributed by atoms with Crippen LogP contribution in [0.5, 0.6) is 0 Å². The number of ether oxygens (including phenoxy) is 1. The minimum absolute atomic E-state index is 0.0764. The highest BCUT2D eigenvalue weighted by Gasteiger charge is 2.29. The molecule has 1 fully saturated rings. The van der Waals surface area contributed by atoms with Crippen molar-refractivity contribution in [1.29, 1.82) is 0 Å². The average molecular weight is 463 g/mol. The number of hydrogen-bond acceptors (Lipinski definition) is 5. The first-order valence-corrected chi connectivity index (χ1v) is 12.0. The number of sulfonamides is 1. The zero-order valence-electron chi connectivity index (χ0n) is 18.1. The standard InChI is InChI=1S/C23H27FN2O5S/c1-3-31-22(27)12-13-26(15-17-5-6-17)23(28)21-14-20(11-4-16(21)2)32(29,30)25-19-9-7-18(24)8-10-19/h4,7-11,14,17,25H,3,5-6,12-13,15H2,1-2H3. The van der Waals surface area contributed by atoms with E-state index in [1.807, 2.05) is 0 Å². The van der Waals surface area contributed by atoms with Crippen LogP contribution >= 0.6 is 0 Å². The van der Waals surface area contributed by atoms with Gasteiger partial charge in [-0.2, -0.15) is 0 Å². The van der Waals surface area contributed by atoms with E-state index in [4.69, 9.17) is 4.74 Å². The van der Waals surface area contributed by atoms with E-state index in [-0.39, 0.29) is 47.6 Å². The number of carbonyl (C=O) groups excluding carboxylic acids is 2. The van der Waals surface area contributed by atoms with Crippen molar-refractivity contribution in [3.8, 4) is 0 Å². The summed E-state index contributed by atoms with van der Waals surface area (Å²) >= 11 is 0. The molecule has 0 unspecified atom stereocenters. The largest absolute Gasteiger partial charge is 0.466 e. The summed E-state index contributed by atoms with van der Waals surface area (Å²) in [6.07, 6.45) is 2.13. The van der Waals surface area contributed by atoms with Gasteiger partial charge >= 0.3 is 5.97 Å². The SMILES string of the molecule is CCOC(=O)CCN(CC1CC1)C(=O)c1cc(S(=O)(=O)Nc2ccc(F)cc2)ccc1C. The number of carbonyl (C=O) groups is 2. The molecular weight excluding hydrogens is 435 g/mol. The number of nitrogens with one attached hydrogen (secondary N) is 1. The van der Waals surface area contributed by atoms with Gasteiger partial charge in [0.1, 0.15) is 5.82 Å². The molecule has 1 amide bonds. The molecule has 3 rings (SSSR count). The number of hydrogen-bond donors (Lipinski definition) is 1. The normalized spacial score (nSPS) is 13.5. The summed E-state index contributed by atoms with van der Waals surface area (Å²) in [6, 6.07) is 9.28. The van der Waals surface area contributed by atoms with E-state index in [1.54, 1.807) is 24.8 Å². The third-order valence-electron chi connectivity index (χ3n) is 5.20. The smallest absolute Gasteiger partial charge is 0.307 e. The van der Waals surface area contributed by atoms with Crippen molar-refractivity contribution in [3.63, 3.8) is 0 Å². The Morgan fingerprint density at radius 1 is 1.16 bits per heavy atom. The molecule has 0 bridgehead atoms. The van der Waals surface area contributed by atoms with Crippen molar-refractivity contribution in [1.82, 2.24) is 4.90 Å². The van der Waals surface area contributed by atoms with Gasteiger partial charge in [0.15, 0.2) is 0 Å². The Morgan fingerprint density at radius 2 is 1.84 bits per heavy atom. The Morgan fingerprint density at radius 3 is 2.47 bits per heavy atom. The Kier molecular flexibility index (Phi) is 7.50. The van der Waals surface area contributed by atoms with Crippen LogP contribution in [0.3, 0.4) is 0 Å². The lowest BCUT2D eigenvalue weighted by atomic mass is 10.1. The van der Waals surface area contributed by atoms with Gasteiger partial charge in [-0.05, 0) is 74.6 Å². The molecule has 0 aromatic heterocycles. The highest BCUT2D eigenvalue weighted by molar-refractivity contribution is 7.92.